The Bertz CT molecular complexity index is 1360. The molecular weight excluding hydrogens is 512 g/mol. The Balaban J connectivity index is 1.25. The van der Waals surface area contributed by atoms with E-state index in [-0.39, 0.29) is 5.91 Å². The van der Waals surface area contributed by atoms with Crippen molar-refractivity contribution in [1.29, 1.82) is 5.41 Å². The number of benzene rings is 2. The topological polar surface area (TPSA) is 109 Å². The maximum absolute atomic E-state index is 13.0. The highest BCUT2D eigenvalue weighted by Crippen LogP contribution is 2.40. The maximum atomic E-state index is 13.0. The average molecular weight is 547 g/mol. The average Bonchev–Trinajstić information content (AvgIpc) is 3.41. The van der Waals surface area contributed by atoms with Gasteiger partial charge in [-0.15, -0.1) is 11.3 Å². The van der Waals surface area contributed by atoms with Crippen molar-refractivity contribution in [3.63, 3.8) is 0 Å². The molecule has 0 radical (unpaired) electrons. The number of thiophene rings is 1. The van der Waals surface area contributed by atoms with Crippen LogP contribution in [0.15, 0.2) is 42.5 Å². The van der Waals surface area contributed by atoms with Gasteiger partial charge in [-0.3, -0.25) is 19.3 Å². The lowest BCUT2D eigenvalue weighted by molar-refractivity contribution is -0.144. The highest BCUT2D eigenvalue weighted by atomic mass is 32.1. The molecule has 0 aliphatic carbocycles. The molecular formula is C29H34N6O3S. The number of piperazine rings is 1. The minimum absolute atomic E-state index is 0.147. The Kier molecular flexibility index (Phi) is 8.23. The molecule has 5 rings (SSSR count). The van der Waals surface area contributed by atoms with Crippen LogP contribution in [0, 0.1) is 5.41 Å². The van der Waals surface area contributed by atoms with E-state index in [0.717, 1.165) is 52.1 Å². The van der Waals surface area contributed by atoms with Crippen LogP contribution < -0.4 is 10.6 Å². The normalized spacial score (nSPS) is 16.2. The van der Waals surface area contributed by atoms with Crippen LogP contribution in [0.5, 0.6) is 0 Å². The first-order chi connectivity index (χ1) is 19.0. The summed E-state index contributed by atoms with van der Waals surface area (Å²) in [5.41, 5.74) is 2.72. The Labute approximate surface area is 232 Å². The SMILES string of the molecule is CNc1c(C=N)cc(NC(=O)C(=O)N2CCN(CC(=O)N3CCCCC3)CC2)cc1-c1cc2ccccc2s1. The number of piperidine rings is 1. The standard InChI is InChI=1S/C29H34N6O3S/c1-31-27-21(18-30)15-22(17-23(27)25-16-20-7-3-4-8-24(20)39-25)32-28(37)29(38)35-13-11-33(12-14-35)19-26(36)34-9-5-2-6-10-34/h3-4,7-8,15-18,30-31H,2,5-6,9-14,19H2,1H3,(H,32,37). The molecule has 1 aromatic heterocycles. The van der Waals surface area contributed by atoms with Crippen LogP contribution in [0.1, 0.15) is 24.8 Å². The second kappa shape index (κ2) is 12.0. The molecule has 2 saturated heterocycles. The molecule has 2 fully saturated rings. The molecule has 3 N–H and O–H groups in total. The van der Waals surface area contributed by atoms with Crippen LogP contribution in [0.25, 0.3) is 20.5 Å². The fourth-order valence-electron chi connectivity index (χ4n) is 5.31. The summed E-state index contributed by atoms with van der Waals surface area (Å²) in [4.78, 5) is 45.1. The van der Waals surface area contributed by atoms with Gasteiger partial charge in [0.15, 0.2) is 0 Å². The lowest BCUT2D eigenvalue weighted by Crippen LogP contribution is -2.53. The Hall–Kier alpha value is -3.76. The van der Waals surface area contributed by atoms with Gasteiger partial charge in [0, 0.05) is 78.9 Å². The molecule has 2 aromatic carbocycles. The van der Waals surface area contributed by atoms with Crippen molar-refractivity contribution in [2.75, 3.05) is 63.5 Å². The van der Waals surface area contributed by atoms with Crippen molar-refractivity contribution < 1.29 is 14.4 Å². The van der Waals surface area contributed by atoms with Crippen LogP contribution >= 0.6 is 11.3 Å². The second-order valence-electron chi connectivity index (χ2n) is 9.99. The molecule has 10 heteroatoms. The van der Waals surface area contributed by atoms with E-state index in [1.807, 2.05) is 23.1 Å². The highest BCUT2D eigenvalue weighted by molar-refractivity contribution is 7.22. The number of likely N-dealkylation sites (tertiary alicyclic amines) is 1. The van der Waals surface area contributed by atoms with Gasteiger partial charge in [0.1, 0.15) is 0 Å². The molecule has 2 aliphatic rings. The third-order valence-electron chi connectivity index (χ3n) is 7.44. The summed E-state index contributed by atoms with van der Waals surface area (Å²) in [5.74, 6) is -1.15. The predicted molar refractivity (Wildman–Crippen MR) is 157 cm³/mol. The van der Waals surface area contributed by atoms with E-state index in [0.29, 0.717) is 44.0 Å². The summed E-state index contributed by atoms with van der Waals surface area (Å²) in [6.07, 6.45) is 4.55. The number of nitrogens with zero attached hydrogens (tertiary/aromatic N) is 3. The van der Waals surface area contributed by atoms with Gasteiger partial charge in [-0.05, 0) is 48.9 Å². The third-order valence-corrected chi connectivity index (χ3v) is 8.59. The van der Waals surface area contributed by atoms with Crippen LogP contribution in [0.3, 0.4) is 0 Å². The minimum Gasteiger partial charge on any atom is -0.387 e. The Morgan fingerprint density at radius 2 is 1.69 bits per heavy atom. The van der Waals surface area contributed by atoms with E-state index < -0.39 is 11.8 Å². The third kappa shape index (κ3) is 5.97. The zero-order valence-electron chi connectivity index (χ0n) is 22.2. The quantitative estimate of drug-likeness (QED) is 0.323. The first kappa shape index (κ1) is 26.8. The van der Waals surface area contributed by atoms with E-state index >= 15 is 0 Å². The molecule has 0 unspecified atom stereocenters. The van der Waals surface area contributed by atoms with Crippen molar-refractivity contribution in [1.82, 2.24) is 14.7 Å². The molecule has 3 aromatic rings. The Morgan fingerprint density at radius 3 is 2.38 bits per heavy atom. The van der Waals surface area contributed by atoms with Crippen LogP contribution in [0.4, 0.5) is 11.4 Å². The fourth-order valence-corrected chi connectivity index (χ4v) is 6.40. The first-order valence-electron chi connectivity index (χ1n) is 13.4. The number of hydrogen-bond donors (Lipinski definition) is 3. The molecule has 0 atom stereocenters. The zero-order valence-corrected chi connectivity index (χ0v) is 23.0. The molecule has 204 valence electrons. The largest absolute Gasteiger partial charge is 0.387 e. The van der Waals surface area contributed by atoms with Crippen molar-refractivity contribution >= 4 is 56.7 Å². The van der Waals surface area contributed by atoms with Gasteiger partial charge in [0.05, 0.1) is 12.2 Å². The zero-order chi connectivity index (χ0) is 27.4. The molecule has 39 heavy (non-hydrogen) atoms. The maximum Gasteiger partial charge on any atom is 0.313 e. The highest BCUT2D eigenvalue weighted by Gasteiger charge is 2.28. The van der Waals surface area contributed by atoms with Gasteiger partial charge in [-0.25, -0.2) is 0 Å². The number of nitrogens with one attached hydrogen (secondary N) is 3. The summed E-state index contributed by atoms with van der Waals surface area (Å²) >= 11 is 1.63. The van der Waals surface area contributed by atoms with Gasteiger partial charge in [0.2, 0.25) is 5.91 Å². The molecule has 3 amide bonds. The van der Waals surface area contributed by atoms with E-state index in [1.165, 1.54) is 12.6 Å². The smallest absolute Gasteiger partial charge is 0.313 e. The van der Waals surface area contributed by atoms with Gasteiger partial charge in [-0.2, -0.15) is 0 Å². The van der Waals surface area contributed by atoms with Gasteiger partial charge >= 0.3 is 11.8 Å². The Morgan fingerprint density at radius 1 is 0.949 bits per heavy atom. The number of anilines is 2. The molecule has 0 spiro atoms. The van der Waals surface area contributed by atoms with Gasteiger partial charge in [0.25, 0.3) is 0 Å². The minimum atomic E-state index is -0.705. The lowest BCUT2D eigenvalue weighted by atomic mass is 10.0. The number of carbonyl (C=O) groups is 3. The number of rotatable bonds is 6. The molecule has 0 bridgehead atoms. The van der Waals surface area contributed by atoms with Crippen LogP contribution in [0.2, 0.25) is 0 Å². The molecule has 0 saturated carbocycles. The van der Waals surface area contributed by atoms with E-state index in [1.54, 1.807) is 29.4 Å². The monoisotopic (exact) mass is 546 g/mol. The summed E-state index contributed by atoms with van der Waals surface area (Å²) in [5, 5.41) is 15.0. The summed E-state index contributed by atoms with van der Waals surface area (Å²) in [7, 11) is 1.81. The predicted octanol–water partition coefficient (Wildman–Crippen LogP) is 3.70. The number of carbonyl (C=O) groups excluding carboxylic acids is 3. The number of amides is 3. The van der Waals surface area contributed by atoms with Gasteiger partial charge in [-0.1, -0.05) is 18.2 Å². The fraction of sp³-hybridized carbons (Fsp3) is 0.379. The van der Waals surface area contributed by atoms with Gasteiger partial charge < -0.3 is 25.8 Å². The molecule has 9 nitrogen and oxygen atoms in total. The summed E-state index contributed by atoms with van der Waals surface area (Å²) in [6, 6.07) is 13.8. The van der Waals surface area contributed by atoms with Crippen molar-refractivity contribution in [2.24, 2.45) is 0 Å². The van der Waals surface area contributed by atoms with Crippen molar-refractivity contribution in [2.45, 2.75) is 19.3 Å². The van der Waals surface area contributed by atoms with E-state index in [9.17, 15) is 14.4 Å². The van der Waals surface area contributed by atoms with Crippen molar-refractivity contribution in [3.8, 4) is 10.4 Å². The van der Waals surface area contributed by atoms with Crippen LogP contribution in [-0.2, 0) is 14.4 Å². The first-order valence-corrected chi connectivity index (χ1v) is 14.2. The van der Waals surface area contributed by atoms with E-state index in [2.05, 4.69) is 33.7 Å². The lowest BCUT2D eigenvalue weighted by Gasteiger charge is -2.35. The number of hydrogen-bond acceptors (Lipinski definition) is 7. The van der Waals surface area contributed by atoms with E-state index in [4.69, 9.17) is 5.41 Å². The molecule has 2 aliphatic heterocycles. The van der Waals surface area contributed by atoms with Crippen LogP contribution in [-0.4, -0.2) is 91.5 Å². The summed E-state index contributed by atoms with van der Waals surface area (Å²) < 4.78 is 1.15. The molecule has 3 heterocycles. The summed E-state index contributed by atoms with van der Waals surface area (Å²) in [6.45, 7) is 3.94. The number of fused-ring (bicyclic) bond motifs is 1. The van der Waals surface area contributed by atoms with Crippen molar-refractivity contribution in [3.05, 3.63) is 48.0 Å². The second-order valence-corrected chi connectivity index (χ2v) is 11.1.